The van der Waals surface area contributed by atoms with E-state index in [4.69, 9.17) is 5.11 Å². The molecular weight excluding hydrogens is 270 g/mol. The van der Waals surface area contributed by atoms with E-state index in [-0.39, 0.29) is 12.5 Å². The number of nitrogens with one attached hydrogen (secondary N) is 1. The lowest BCUT2D eigenvalue weighted by atomic mass is 10.0. The number of hydrogen-bond donors (Lipinski definition) is 2. The smallest absolute Gasteiger partial charge is 0.317 e. The van der Waals surface area contributed by atoms with Gasteiger partial charge in [-0.05, 0) is 30.4 Å². The number of likely N-dealkylation sites (tertiary alicyclic amines) is 1. The fourth-order valence-electron chi connectivity index (χ4n) is 2.62. The highest BCUT2D eigenvalue weighted by atomic mass is 16.4. The van der Waals surface area contributed by atoms with E-state index in [0.29, 0.717) is 11.5 Å². The number of carbonyl (C=O) groups excluding carboxylic acids is 1. The maximum absolute atomic E-state index is 12.3. The number of rotatable bonds is 4. The number of piperidine rings is 1. The summed E-state index contributed by atoms with van der Waals surface area (Å²) in [5.74, 6) is -0.461. The summed E-state index contributed by atoms with van der Waals surface area (Å²) in [6.45, 7) is 3.57. The zero-order valence-electron chi connectivity index (χ0n) is 12.2. The number of pyridine rings is 1. The van der Waals surface area contributed by atoms with Gasteiger partial charge in [0.15, 0.2) is 0 Å². The van der Waals surface area contributed by atoms with Crippen molar-refractivity contribution in [2.75, 3.05) is 13.1 Å². The summed E-state index contributed by atoms with van der Waals surface area (Å²) < 4.78 is 0. The monoisotopic (exact) mass is 291 g/mol. The maximum atomic E-state index is 12.3. The Hall–Kier alpha value is -2.11. The van der Waals surface area contributed by atoms with E-state index in [1.807, 2.05) is 0 Å². The van der Waals surface area contributed by atoms with Gasteiger partial charge in [0.2, 0.25) is 0 Å². The van der Waals surface area contributed by atoms with Crippen LogP contribution < -0.4 is 5.32 Å². The van der Waals surface area contributed by atoms with Gasteiger partial charge >= 0.3 is 12.0 Å². The third-order valence-corrected chi connectivity index (χ3v) is 3.71. The van der Waals surface area contributed by atoms with Crippen molar-refractivity contribution in [3.8, 4) is 0 Å². The minimum Gasteiger partial charge on any atom is -0.481 e. The summed E-state index contributed by atoms with van der Waals surface area (Å²) in [5, 5.41) is 11.8. The van der Waals surface area contributed by atoms with Gasteiger partial charge in [0.05, 0.1) is 12.5 Å². The fourth-order valence-corrected chi connectivity index (χ4v) is 2.62. The van der Waals surface area contributed by atoms with Crippen LogP contribution in [0.25, 0.3) is 0 Å². The minimum atomic E-state index is -0.948. The van der Waals surface area contributed by atoms with E-state index in [1.165, 1.54) is 0 Å². The number of aliphatic carboxylic acids is 1. The van der Waals surface area contributed by atoms with E-state index in [1.54, 1.807) is 29.4 Å². The van der Waals surface area contributed by atoms with Crippen LogP contribution in [0.2, 0.25) is 0 Å². The molecule has 6 nitrogen and oxygen atoms in total. The number of carboxylic acid groups (broad SMARTS) is 1. The molecular formula is C15H21N3O3. The Morgan fingerprint density at radius 3 is 3.00 bits per heavy atom. The topological polar surface area (TPSA) is 82.5 Å². The van der Waals surface area contributed by atoms with Crippen molar-refractivity contribution >= 4 is 12.0 Å². The van der Waals surface area contributed by atoms with Crippen LogP contribution in [0.15, 0.2) is 24.5 Å². The van der Waals surface area contributed by atoms with E-state index in [0.717, 1.165) is 25.9 Å². The first-order valence-electron chi connectivity index (χ1n) is 7.23. The molecule has 2 heterocycles. The van der Waals surface area contributed by atoms with Crippen molar-refractivity contribution in [3.05, 3.63) is 30.1 Å². The number of hydrogen-bond acceptors (Lipinski definition) is 3. The number of carboxylic acids is 1. The van der Waals surface area contributed by atoms with Crippen molar-refractivity contribution in [2.45, 2.75) is 32.2 Å². The molecule has 2 amide bonds. The van der Waals surface area contributed by atoms with Crippen LogP contribution in [0.1, 0.15) is 37.8 Å². The van der Waals surface area contributed by atoms with Crippen LogP contribution in [0.4, 0.5) is 4.79 Å². The second-order valence-corrected chi connectivity index (χ2v) is 5.58. The molecule has 0 aliphatic carbocycles. The van der Waals surface area contributed by atoms with Gasteiger partial charge in [-0.2, -0.15) is 0 Å². The van der Waals surface area contributed by atoms with E-state index < -0.39 is 12.0 Å². The van der Waals surface area contributed by atoms with E-state index in [2.05, 4.69) is 17.2 Å². The number of nitrogens with zero attached hydrogens (tertiary/aromatic N) is 2. The third kappa shape index (κ3) is 4.44. The standard InChI is InChI=1S/C15H21N3O3/c1-11-4-3-7-18(10-11)15(21)17-13(8-14(19)20)12-5-2-6-16-9-12/h2,5-6,9,11,13H,3-4,7-8,10H2,1H3,(H,17,21)(H,19,20)/t11?,13-/m0/s1. The summed E-state index contributed by atoms with van der Waals surface area (Å²) in [4.78, 5) is 29.1. The molecule has 21 heavy (non-hydrogen) atoms. The Kier molecular flexibility index (Phi) is 5.14. The minimum absolute atomic E-state index is 0.152. The van der Waals surface area contributed by atoms with Crippen molar-refractivity contribution in [1.29, 1.82) is 0 Å². The SMILES string of the molecule is CC1CCCN(C(=O)N[C@@H](CC(=O)O)c2cccnc2)C1. The molecule has 1 unspecified atom stereocenters. The highest BCUT2D eigenvalue weighted by Crippen LogP contribution is 2.19. The molecule has 1 aromatic heterocycles. The molecule has 0 bridgehead atoms. The number of carbonyl (C=O) groups is 2. The lowest BCUT2D eigenvalue weighted by Gasteiger charge is -2.32. The van der Waals surface area contributed by atoms with Gasteiger partial charge in [-0.3, -0.25) is 9.78 Å². The first-order chi connectivity index (χ1) is 10.1. The summed E-state index contributed by atoms with van der Waals surface area (Å²) in [6.07, 6.45) is 5.18. The Labute approximate surface area is 124 Å². The summed E-state index contributed by atoms with van der Waals surface area (Å²) in [5.41, 5.74) is 0.707. The lowest BCUT2D eigenvalue weighted by molar-refractivity contribution is -0.137. The molecule has 114 valence electrons. The highest BCUT2D eigenvalue weighted by molar-refractivity contribution is 5.76. The molecule has 0 aromatic carbocycles. The predicted molar refractivity (Wildman–Crippen MR) is 77.7 cm³/mol. The van der Waals surface area contributed by atoms with Gasteiger partial charge in [0.25, 0.3) is 0 Å². The van der Waals surface area contributed by atoms with Crippen LogP contribution in [-0.4, -0.2) is 40.1 Å². The van der Waals surface area contributed by atoms with Gasteiger partial charge < -0.3 is 15.3 Å². The number of amides is 2. The molecule has 2 N–H and O–H groups in total. The van der Waals surface area contributed by atoms with Crippen molar-refractivity contribution < 1.29 is 14.7 Å². The van der Waals surface area contributed by atoms with Gasteiger partial charge in [-0.25, -0.2) is 4.79 Å². The molecule has 6 heteroatoms. The molecule has 0 spiro atoms. The Morgan fingerprint density at radius 1 is 1.57 bits per heavy atom. The molecule has 2 atom stereocenters. The summed E-state index contributed by atoms with van der Waals surface area (Å²) >= 11 is 0. The zero-order valence-corrected chi connectivity index (χ0v) is 12.2. The van der Waals surface area contributed by atoms with Crippen molar-refractivity contribution in [3.63, 3.8) is 0 Å². The summed E-state index contributed by atoms with van der Waals surface area (Å²) in [7, 11) is 0. The van der Waals surface area contributed by atoms with E-state index in [9.17, 15) is 9.59 Å². The van der Waals surface area contributed by atoms with Crippen molar-refractivity contribution in [2.24, 2.45) is 5.92 Å². The molecule has 0 radical (unpaired) electrons. The average Bonchev–Trinajstić information content (AvgIpc) is 2.47. The quantitative estimate of drug-likeness (QED) is 0.889. The maximum Gasteiger partial charge on any atom is 0.317 e. The Morgan fingerprint density at radius 2 is 2.38 bits per heavy atom. The second-order valence-electron chi connectivity index (χ2n) is 5.58. The predicted octanol–water partition coefficient (Wildman–Crippen LogP) is 2.04. The molecule has 2 rings (SSSR count). The second kappa shape index (κ2) is 7.06. The summed E-state index contributed by atoms with van der Waals surface area (Å²) in [6, 6.07) is 2.76. The Bertz CT molecular complexity index is 492. The molecule has 1 fully saturated rings. The first kappa shape index (κ1) is 15.3. The largest absolute Gasteiger partial charge is 0.481 e. The van der Waals surface area contributed by atoms with E-state index >= 15 is 0 Å². The van der Waals surface area contributed by atoms with Crippen LogP contribution in [0.5, 0.6) is 0 Å². The number of urea groups is 1. The average molecular weight is 291 g/mol. The normalized spacial score (nSPS) is 19.9. The van der Waals surface area contributed by atoms with Crippen LogP contribution >= 0.6 is 0 Å². The van der Waals surface area contributed by atoms with Gasteiger partial charge in [-0.1, -0.05) is 13.0 Å². The first-order valence-corrected chi connectivity index (χ1v) is 7.23. The number of aromatic nitrogens is 1. The van der Waals surface area contributed by atoms with Crippen molar-refractivity contribution in [1.82, 2.24) is 15.2 Å². The van der Waals surface area contributed by atoms with Crippen LogP contribution in [0, 0.1) is 5.92 Å². The fraction of sp³-hybridized carbons (Fsp3) is 0.533. The molecule has 1 saturated heterocycles. The van der Waals surface area contributed by atoms with Gasteiger partial charge in [0.1, 0.15) is 0 Å². The Balaban J connectivity index is 2.04. The molecule has 1 aliphatic rings. The molecule has 1 aliphatic heterocycles. The molecule has 1 aromatic rings. The molecule has 0 saturated carbocycles. The van der Waals surface area contributed by atoms with Gasteiger partial charge in [-0.15, -0.1) is 0 Å². The van der Waals surface area contributed by atoms with Crippen LogP contribution in [-0.2, 0) is 4.79 Å². The zero-order chi connectivity index (χ0) is 15.2. The highest BCUT2D eigenvalue weighted by Gasteiger charge is 2.24. The van der Waals surface area contributed by atoms with Gasteiger partial charge in [0, 0.05) is 25.5 Å². The van der Waals surface area contributed by atoms with Crippen LogP contribution in [0.3, 0.4) is 0 Å². The lowest BCUT2D eigenvalue weighted by Crippen LogP contribution is -2.46. The third-order valence-electron chi connectivity index (χ3n) is 3.71.